The lowest BCUT2D eigenvalue weighted by Crippen LogP contribution is -2.27. The molecular weight excluding hydrogens is 292 g/mol. The molecule has 0 unspecified atom stereocenters. The minimum atomic E-state index is -3.43. The molecule has 0 spiro atoms. The first-order valence-electron chi connectivity index (χ1n) is 6.74. The van der Waals surface area contributed by atoms with Crippen molar-refractivity contribution in [1.82, 2.24) is 9.62 Å². The third kappa shape index (κ3) is 7.22. The molecule has 6 nitrogen and oxygen atoms in total. The van der Waals surface area contributed by atoms with Crippen LogP contribution in [0.25, 0.3) is 0 Å². The molecule has 0 aliphatic carbocycles. The van der Waals surface area contributed by atoms with Crippen LogP contribution < -0.4 is 4.72 Å². The average molecular weight is 314 g/mol. The molecule has 0 heterocycles. The zero-order valence-electron chi connectivity index (χ0n) is 12.4. The minimum absolute atomic E-state index is 0.0914. The van der Waals surface area contributed by atoms with Gasteiger partial charge in [0.05, 0.1) is 11.3 Å². The van der Waals surface area contributed by atoms with E-state index in [1.54, 1.807) is 12.1 Å². The summed E-state index contributed by atoms with van der Waals surface area (Å²) in [5.74, 6) is -1.27. The van der Waals surface area contributed by atoms with E-state index in [1.807, 2.05) is 19.0 Å². The fraction of sp³-hybridized carbons (Fsp3) is 0.500. The summed E-state index contributed by atoms with van der Waals surface area (Å²) in [5, 5.41) is 8.88. The molecule has 0 amide bonds. The molecule has 0 atom stereocenters. The van der Waals surface area contributed by atoms with Gasteiger partial charge in [0, 0.05) is 6.54 Å². The van der Waals surface area contributed by atoms with Crippen molar-refractivity contribution < 1.29 is 18.3 Å². The lowest BCUT2D eigenvalue weighted by molar-refractivity contribution is 0.0696. The Morgan fingerprint density at radius 1 is 1.29 bits per heavy atom. The van der Waals surface area contributed by atoms with Gasteiger partial charge in [0.15, 0.2) is 0 Å². The zero-order valence-corrected chi connectivity index (χ0v) is 13.2. The molecule has 2 N–H and O–H groups in total. The van der Waals surface area contributed by atoms with Gasteiger partial charge < -0.3 is 10.0 Å². The van der Waals surface area contributed by atoms with E-state index < -0.39 is 16.0 Å². The number of nitrogens with zero attached hydrogens (tertiary/aromatic N) is 1. The Kier molecular flexibility index (Phi) is 6.80. The summed E-state index contributed by atoms with van der Waals surface area (Å²) in [6, 6.07) is 5.98. The fourth-order valence-electron chi connectivity index (χ4n) is 1.85. The number of carboxylic acids is 1. The number of rotatable bonds is 9. The molecular formula is C14H22N2O4S. The van der Waals surface area contributed by atoms with E-state index in [1.165, 1.54) is 12.1 Å². The molecule has 0 saturated carbocycles. The second-order valence-electron chi connectivity index (χ2n) is 5.17. The van der Waals surface area contributed by atoms with Crippen molar-refractivity contribution in [3.05, 3.63) is 35.4 Å². The van der Waals surface area contributed by atoms with Crippen molar-refractivity contribution in [3.8, 4) is 0 Å². The molecule has 0 aliphatic heterocycles. The normalized spacial score (nSPS) is 11.8. The van der Waals surface area contributed by atoms with Crippen molar-refractivity contribution in [3.63, 3.8) is 0 Å². The van der Waals surface area contributed by atoms with E-state index in [0.29, 0.717) is 12.1 Å². The molecule has 7 heteroatoms. The van der Waals surface area contributed by atoms with Crippen LogP contribution in [0.2, 0.25) is 0 Å². The minimum Gasteiger partial charge on any atom is -0.478 e. The van der Waals surface area contributed by atoms with Gasteiger partial charge in [-0.1, -0.05) is 12.1 Å². The summed E-state index contributed by atoms with van der Waals surface area (Å²) in [5.41, 5.74) is 0.560. The maximum atomic E-state index is 11.9. The summed E-state index contributed by atoms with van der Waals surface area (Å²) in [7, 11) is 0.509. The number of benzene rings is 1. The standard InChI is InChI=1S/C14H22N2O4S/c1-16(2)9-4-3-8-15-21(19,20)11-12-6-5-7-13(10-12)14(17)18/h5-7,10,15H,3-4,8-9,11H2,1-2H3,(H,17,18). The molecule has 118 valence electrons. The lowest BCUT2D eigenvalue weighted by atomic mass is 10.1. The molecule has 1 aromatic rings. The molecule has 0 fully saturated rings. The Morgan fingerprint density at radius 3 is 2.62 bits per heavy atom. The third-order valence-corrected chi connectivity index (χ3v) is 4.24. The molecule has 0 aliphatic rings. The number of hydrogen-bond donors (Lipinski definition) is 2. The van der Waals surface area contributed by atoms with Crippen molar-refractivity contribution in [2.45, 2.75) is 18.6 Å². The van der Waals surface area contributed by atoms with Gasteiger partial charge in [0.25, 0.3) is 0 Å². The van der Waals surface area contributed by atoms with Crippen LogP contribution >= 0.6 is 0 Å². The van der Waals surface area contributed by atoms with E-state index in [-0.39, 0.29) is 11.3 Å². The highest BCUT2D eigenvalue weighted by Gasteiger charge is 2.12. The maximum Gasteiger partial charge on any atom is 0.335 e. The number of unbranched alkanes of at least 4 members (excludes halogenated alkanes) is 1. The van der Waals surface area contributed by atoms with E-state index in [0.717, 1.165) is 19.4 Å². The first-order valence-corrected chi connectivity index (χ1v) is 8.40. The first kappa shape index (κ1) is 17.6. The maximum absolute atomic E-state index is 11.9. The fourth-order valence-corrected chi connectivity index (χ4v) is 3.02. The van der Waals surface area contributed by atoms with Crippen molar-refractivity contribution in [2.75, 3.05) is 27.2 Å². The number of carboxylic acid groups (broad SMARTS) is 1. The third-order valence-electron chi connectivity index (χ3n) is 2.88. The van der Waals surface area contributed by atoms with Crippen molar-refractivity contribution in [2.24, 2.45) is 0 Å². The monoisotopic (exact) mass is 314 g/mol. The van der Waals surface area contributed by atoms with Gasteiger partial charge in [-0.3, -0.25) is 0 Å². The van der Waals surface area contributed by atoms with E-state index >= 15 is 0 Å². The van der Waals surface area contributed by atoms with Crippen LogP contribution in [0, 0.1) is 0 Å². The summed E-state index contributed by atoms with van der Waals surface area (Å²) < 4.78 is 26.4. The average Bonchev–Trinajstić information content (AvgIpc) is 2.37. The topological polar surface area (TPSA) is 86.7 Å². The molecule has 0 bridgehead atoms. The van der Waals surface area contributed by atoms with Gasteiger partial charge >= 0.3 is 5.97 Å². The summed E-state index contributed by atoms with van der Waals surface area (Å²) in [4.78, 5) is 12.9. The van der Waals surface area contributed by atoms with E-state index in [2.05, 4.69) is 4.72 Å². The summed E-state index contributed by atoms with van der Waals surface area (Å²) in [6.07, 6.45) is 1.69. The Hall–Kier alpha value is -1.44. The van der Waals surface area contributed by atoms with Gasteiger partial charge in [0.2, 0.25) is 10.0 Å². The number of aromatic carboxylic acids is 1. The van der Waals surface area contributed by atoms with Gasteiger partial charge in [-0.05, 0) is 51.2 Å². The Bertz CT molecular complexity index is 570. The number of carbonyl (C=O) groups is 1. The van der Waals surface area contributed by atoms with Crippen LogP contribution in [0.15, 0.2) is 24.3 Å². The highest BCUT2D eigenvalue weighted by atomic mass is 32.2. The van der Waals surface area contributed by atoms with Gasteiger partial charge in [-0.25, -0.2) is 17.9 Å². The lowest BCUT2D eigenvalue weighted by Gasteiger charge is -2.10. The second-order valence-corrected chi connectivity index (χ2v) is 6.98. The predicted molar refractivity (Wildman–Crippen MR) is 81.8 cm³/mol. The van der Waals surface area contributed by atoms with Crippen LogP contribution in [0.5, 0.6) is 0 Å². The van der Waals surface area contributed by atoms with Crippen LogP contribution in [-0.2, 0) is 15.8 Å². The Labute approximate surface area is 125 Å². The number of sulfonamides is 1. The van der Waals surface area contributed by atoms with Gasteiger partial charge in [-0.2, -0.15) is 0 Å². The van der Waals surface area contributed by atoms with Crippen LogP contribution in [0.1, 0.15) is 28.8 Å². The highest BCUT2D eigenvalue weighted by Crippen LogP contribution is 2.09. The molecule has 1 aromatic carbocycles. The molecule has 0 saturated heterocycles. The number of hydrogen-bond acceptors (Lipinski definition) is 4. The summed E-state index contributed by atoms with van der Waals surface area (Å²) in [6.45, 7) is 1.32. The summed E-state index contributed by atoms with van der Waals surface area (Å²) >= 11 is 0. The Balaban J connectivity index is 2.49. The number of nitrogens with one attached hydrogen (secondary N) is 1. The molecule has 0 radical (unpaired) electrons. The first-order chi connectivity index (χ1) is 9.80. The second kappa shape index (κ2) is 8.11. The van der Waals surface area contributed by atoms with Crippen LogP contribution in [0.3, 0.4) is 0 Å². The smallest absolute Gasteiger partial charge is 0.335 e. The predicted octanol–water partition coefficient (Wildman–Crippen LogP) is 1.15. The SMILES string of the molecule is CN(C)CCCCNS(=O)(=O)Cc1cccc(C(=O)O)c1. The molecule has 0 aromatic heterocycles. The van der Waals surface area contributed by atoms with Crippen molar-refractivity contribution in [1.29, 1.82) is 0 Å². The van der Waals surface area contributed by atoms with Crippen molar-refractivity contribution >= 4 is 16.0 Å². The largest absolute Gasteiger partial charge is 0.478 e. The molecule has 21 heavy (non-hydrogen) atoms. The van der Waals surface area contributed by atoms with E-state index in [4.69, 9.17) is 5.11 Å². The van der Waals surface area contributed by atoms with Gasteiger partial charge in [-0.15, -0.1) is 0 Å². The van der Waals surface area contributed by atoms with Crippen LogP contribution in [-0.4, -0.2) is 51.6 Å². The van der Waals surface area contributed by atoms with Crippen LogP contribution in [0.4, 0.5) is 0 Å². The quantitative estimate of drug-likeness (QED) is 0.668. The van der Waals surface area contributed by atoms with Gasteiger partial charge in [0.1, 0.15) is 0 Å². The zero-order chi connectivity index (χ0) is 15.9. The Morgan fingerprint density at radius 2 is 2.00 bits per heavy atom. The molecule has 1 rings (SSSR count). The van der Waals surface area contributed by atoms with E-state index in [9.17, 15) is 13.2 Å². The highest BCUT2D eigenvalue weighted by molar-refractivity contribution is 7.88.